The van der Waals surface area contributed by atoms with Crippen LogP contribution in [0.1, 0.15) is 54.7 Å². The molecule has 3 heterocycles. The number of rotatable bonds is 3. The van der Waals surface area contributed by atoms with Gasteiger partial charge in [-0.05, 0) is 73.7 Å². The number of hydrogen-bond acceptors (Lipinski definition) is 6. The first-order chi connectivity index (χ1) is 17.9. The van der Waals surface area contributed by atoms with Crippen LogP contribution in [-0.2, 0) is 18.3 Å². The Morgan fingerprint density at radius 3 is 2.51 bits per heavy atom. The fourth-order valence-corrected chi connectivity index (χ4v) is 6.63. The summed E-state index contributed by atoms with van der Waals surface area (Å²) < 4.78 is 26.7. The summed E-state index contributed by atoms with van der Waals surface area (Å²) in [6, 6.07) is 14.7. The smallest absolute Gasteiger partial charge is 0.223 e. The molecule has 0 N–H and O–H groups in total. The van der Waals surface area contributed by atoms with Crippen molar-refractivity contribution in [2.24, 2.45) is 5.92 Å². The fourth-order valence-electron chi connectivity index (χ4n) is 6.63. The van der Waals surface area contributed by atoms with Crippen LogP contribution in [0, 0.1) is 18.7 Å². The van der Waals surface area contributed by atoms with Crippen LogP contribution in [0.25, 0.3) is 28.3 Å². The molecule has 7 nitrogen and oxygen atoms in total. The van der Waals surface area contributed by atoms with Gasteiger partial charge in [-0.3, -0.25) is 0 Å². The van der Waals surface area contributed by atoms with Crippen molar-refractivity contribution in [3.63, 3.8) is 0 Å². The molecule has 186 valence electrons. The molecule has 7 rings (SSSR count). The highest BCUT2D eigenvalue weighted by Gasteiger charge is 2.51. The molecule has 5 aromatic rings. The Hall–Kier alpha value is -4.07. The van der Waals surface area contributed by atoms with Gasteiger partial charge in [0.1, 0.15) is 11.6 Å². The SMILES string of the molecule is Cc1nc(-c2ccc(-n3nc(-c4ccc(F)cc4)c4c3[C@]3(C)Cc5cnoc5[C@H](C)[C@H]3CC4)cc2)no1. The fraction of sp³-hybridized carbons (Fsp3) is 0.310. The molecule has 0 unspecified atom stereocenters. The Morgan fingerprint density at radius 1 is 1.03 bits per heavy atom. The summed E-state index contributed by atoms with van der Waals surface area (Å²) in [7, 11) is 0. The average Bonchev–Trinajstić information content (AvgIpc) is 3.63. The molecule has 0 fully saturated rings. The number of fused-ring (bicyclic) bond motifs is 4. The van der Waals surface area contributed by atoms with E-state index in [1.54, 1.807) is 6.92 Å². The third-order valence-electron chi connectivity index (χ3n) is 8.31. The highest BCUT2D eigenvalue weighted by molar-refractivity contribution is 5.67. The Labute approximate surface area is 213 Å². The van der Waals surface area contributed by atoms with Crippen LogP contribution in [0.5, 0.6) is 0 Å². The quantitative estimate of drug-likeness (QED) is 0.296. The zero-order valence-corrected chi connectivity index (χ0v) is 20.9. The molecule has 2 aliphatic rings. The van der Waals surface area contributed by atoms with Gasteiger partial charge in [0.05, 0.1) is 23.3 Å². The zero-order valence-electron chi connectivity index (χ0n) is 20.9. The van der Waals surface area contributed by atoms with Crippen LogP contribution in [0.4, 0.5) is 4.39 Å². The van der Waals surface area contributed by atoms with Crippen LogP contribution in [0.2, 0.25) is 0 Å². The van der Waals surface area contributed by atoms with Gasteiger partial charge in [-0.1, -0.05) is 24.2 Å². The summed E-state index contributed by atoms with van der Waals surface area (Å²) >= 11 is 0. The first-order valence-corrected chi connectivity index (χ1v) is 12.7. The normalized spacial score (nSPS) is 22.4. The maximum atomic E-state index is 13.8. The van der Waals surface area contributed by atoms with E-state index < -0.39 is 0 Å². The lowest BCUT2D eigenvalue weighted by Crippen LogP contribution is -2.45. The van der Waals surface area contributed by atoms with Crippen molar-refractivity contribution in [2.45, 2.75) is 51.4 Å². The summed E-state index contributed by atoms with van der Waals surface area (Å²) in [6.45, 7) is 6.38. The monoisotopic (exact) mass is 495 g/mol. The van der Waals surface area contributed by atoms with E-state index in [0.29, 0.717) is 17.6 Å². The van der Waals surface area contributed by atoms with E-state index in [2.05, 4.69) is 33.8 Å². The number of nitrogens with zero attached hydrogens (tertiary/aromatic N) is 5. The van der Waals surface area contributed by atoms with Crippen molar-refractivity contribution in [2.75, 3.05) is 0 Å². The van der Waals surface area contributed by atoms with Crippen molar-refractivity contribution >= 4 is 0 Å². The minimum atomic E-state index is -0.252. The van der Waals surface area contributed by atoms with E-state index in [1.165, 1.54) is 23.4 Å². The first-order valence-electron chi connectivity index (χ1n) is 12.7. The topological polar surface area (TPSA) is 82.8 Å². The molecule has 0 bridgehead atoms. The molecule has 0 aliphatic heterocycles. The Kier molecular flexibility index (Phi) is 4.77. The minimum absolute atomic E-state index is 0.166. The number of aryl methyl sites for hydroxylation is 1. The molecule has 0 spiro atoms. The van der Waals surface area contributed by atoms with E-state index >= 15 is 0 Å². The van der Waals surface area contributed by atoms with Gasteiger partial charge in [-0.25, -0.2) is 9.07 Å². The average molecular weight is 496 g/mol. The van der Waals surface area contributed by atoms with Gasteiger partial charge < -0.3 is 9.05 Å². The molecular formula is C29H26FN5O2. The summed E-state index contributed by atoms with van der Waals surface area (Å²) in [4.78, 5) is 4.35. The summed E-state index contributed by atoms with van der Waals surface area (Å²) in [6.07, 6.45) is 4.63. The Bertz CT molecular complexity index is 1610. The summed E-state index contributed by atoms with van der Waals surface area (Å²) in [5, 5.41) is 13.4. The number of halogens is 1. The van der Waals surface area contributed by atoms with Gasteiger partial charge in [0, 0.05) is 40.5 Å². The molecular weight excluding hydrogens is 469 g/mol. The van der Waals surface area contributed by atoms with Crippen LogP contribution in [0.3, 0.4) is 0 Å². The maximum absolute atomic E-state index is 13.8. The summed E-state index contributed by atoms with van der Waals surface area (Å²) in [5.41, 5.74) is 7.12. The van der Waals surface area contributed by atoms with Gasteiger partial charge in [0.25, 0.3) is 0 Å². The number of aromatic nitrogens is 5. The van der Waals surface area contributed by atoms with Crippen molar-refractivity contribution in [1.82, 2.24) is 25.1 Å². The van der Waals surface area contributed by atoms with E-state index in [-0.39, 0.29) is 17.2 Å². The van der Waals surface area contributed by atoms with E-state index in [9.17, 15) is 4.39 Å². The molecule has 3 atom stereocenters. The second-order valence-corrected chi connectivity index (χ2v) is 10.5. The summed E-state index contributed by atoms with van der Waals surface area (Å²) in [5.74, 6) is 2.49. The molecule has 3 aromatic heterocycles. The van der Waals surface area contributed by atoms with E-state index in [0.717, 1.165) is 53.1 Å². The third kappa shape index (κ3) is 3.31. The van der Waals surface area contributed by atoms with Crippen molar-refractivity contribution in [3.05, 3.63) is 89.0 Å². The molecule has 37 heavy (non-hydrogen) atoms. The van der Waals surface area contributed by atoms with Crippen molar-refractivity contribution in [1.29, 1.82) is 0 Å². The molecule has 2 aliphatic carbocycles. The number of hydrogen-bond donors (Lipinski definition) is 0. The van der Waals surface area contributed by atoms with Crippen LogP contribution in [-0.4, -0.2) is 25.1 Å². The lowest BCUT2D eigenvalue weighted by molar-refractivity contribution is 0.170. The second kappa shape index (κ2) is 7.96. The minimum Gasteiger partial charge on any atom is -0.361 e. The molecule has 2 aromatic carbocycles. The van der Waals surface area contributed by atoms with Gasteiger partial charge in [0.15, 0.2) is 0 Å². The predicted octanol–water partition coefficient (Wildman–Crippen LogP) is 6.20. The zero-order chi connectivity index (χ0) is 25.3. The van der Waals surface area contributed by atoms with Gasteiger partial charge in [-0.15, -0.1) is 0 Å². The first kappa shape index (κ1) is 22.2. The molecule has 0 radical (unpaired) electrons. The molecule has 0 saturated carbocycles. The maximum Gasteiger partial charge on any atom is 0.223 e. The van der Waals surface area contributed by atoms with Crippen molar-refractivity contribution in [3.8, 4) is 28.3 Å². The number of benzene rings is 2. The largest absolute Gasteiger partial charge is 0.361 e. The Balaban J connectivity index is 1.41. The van der Waals surface area contributed by atoms with Gasteiger partial charge >= 0.3 is 0 Å². The second-order valence-electron chi connectivity index (χ2n) is 10.5. The highest BCUT2D eigenvalue weighted by Crippen LogP contribution is 2.55. The van der Waals surface area contributed by atoms with Crippen molar-refractivity contribution < 1.29 is 13.4 Å². The van der Waals surface area contributed by atoms with E-state index in [1.807, 2.05) is 42.6 Å². The highest BCUT2D eigenvalue weighted by atomic mass is 19.1. The molecule has 8 heteroatoms. The lowest BCUT2D eigenvalue weighted by Gasteiger charge is -2.47. The van der Waals surface area contributed by atoms with Crippen LogP contribution < -0.4 is 0 Å². The van der Waals surface area contributed by atoms with Gasteiger partial charge in [0.2, 0.25) is 11.7 Å². The van der Waals surface area contributed by atoms with Crippen LogP contribution in [0.15, 0.2) is 63.8 Å². The van der Waals surface area contributed by atoms with E-state index in [4.69, 9.17) is 14.1 Å². The van der Waals surface area contributed by atoms with Crippen LogP contribution >= 0.6 is 0 Å². The van der Waals surface area contributed by atoms with Gasteiger partial charge in [-0.2, -0.15) is 10.1 Å². The standard InChI is InChI=1S/C29H26FN5O2/c1-16-24-13-12-23-25(18-4-8-21(30)9-5-18)33-35(27(23)29(24,3)14-20-15-31-37-26(16)20)22-10-6-19(7-11-22)28-32-17(2)36-34-28/h4-11,15-16,24H,12-14H2,1-3H3/t16-,24-,29-/m1/s1. The third-order valence-corrected chi connectivity index (χ3v) is 8.31. The lowest BCUT2D eigenvalue weighted by atomic mass is 9.56. The predicted molar refractivity (Wildman–Crippen MR) is 135 cm³/mol. The molecule has 0 saturated heterocycles. The Morgan fingerprint density at radius 2 is 1.78 bits per heavy atom. The molecule has 0 amide bonds.